The van der Waals surface area contributed by atoms with E-state index >= 15 is 0 Å². The molecule has 2 atom stereocenters. The monoisotopic (exact) mass is 410 g/mol. The number of carbonyl (C=O) groups excluding carboxylic acids is 1. The van der Waals surface area contributed by atoms with Crippen molar-refractivity contribution in [3.63, 3.8) is 0 Å². The molecule has 7 nitrogen and oxygen atoms in total. The van der Waals surface area contributed by atoms with Crippen LogP contribution in [0, 0.1) is 11.8 Å². The van der Waals surface area contributed by atoms with Crippen LogP contribution in [0.1, 0.15) is 37.0 Å². The van der Waals surface area contributed by atoms with Crippen molar-refractivity contribution in [1.29, 1.82) is 0 Å². The SMILES string of the molecule is C[C@H]1C[C@H](C)CN(CCCNC(=O)c2ccc(N(C)S(=O)(=O)N(C)C)cc2)C1. The second kappa shape index (κ2) is 9.71. The third kappa shape index (κ3) is 5.93. The van der Waals surface area contributed by atoms with E-state index in [2.05, 4.69) is 24.1 Å². The number of nitrogens with zero attached hydrogens (tertiary/aromatic N) is 3. The Bertz CT molecular complexity index is 739. The van der Waals surface area contributed by atoms with E-state index in [4.69, 9.17) is 0 Å². The first kappa shape index (κ1) is 22.6. The molecule has 8 heteroatoms. The maximum Gasteiger partial charge on any atom is 0.303 e. The lowest BCUT2D eigenvalue weighted by molar-refractivity contribution is 0.0947. The lowest BCUT2D eigenvalue weighted by atomic mass is 9.92. The maximum atomic E-state index is 12.3. The summed E-state index contributed by atoms with van der Waals surface area (Å²) in [6.45, 7) is 8.52. The fourth-order valence-corrected chi connectivity index (χ4v) is 4.66. The normalized spacial score (nSPS) is 20.9. The number of piperidine rings is 1. The highest BCUT2D eigenvalue weighted by Crippen LogP contribution is 2.21. The number of carbonyl (C=O) groups is 1. The second-order valence-corrected chi connectivity index (χ2v) is 10.3. The van der Waals surface area contributed by atoms with Gasteiger partial charge in [-0.3, -0.25) is 9.10 Å². The van der Waals surface area contributed by atoms with E-state index in [1.54, 1.807) is 24.3 Å². The van der Waals surface area contributed by atoms with E-state index in [0.717, 1.165) is 42.2 Å². The topological polar surface area (TPSA) is 73.0 Å². The minimum atomic E-state index is -3.54. The first-order valence-electron chi connectivity index (χ1n) is 9.88. The van der Waals surface area contributed by atoms with Crippen LogP contribution < -0.4 is 9.62 Å². The Morgan fingerprint density at radius 3 is 2.21 bits per heavy atom. The van der Waals surface area contributed by atoms with Crippen LogP contribution in [-0.2, 0) is 10.2 Å². The van der Waals surface area contributed by atoms with Gasteiger partial charge in [-0.1, -0.05) is 13.8 Å². The Labute approximate surface area is 169 Å². The molecular formula is C20H34N4O3S. The molecular weight excluding hydrogens is 376 g/mol. The molecule has 1 N–H and O–H groups in total. The summed E-state index contributed by atoms with van der Waals surface area (Å²) in [6, 6.07) is 6.60. The van der Waals surface area contributed by atoms with E-state index in [0.29, 0.717) is 17.8 Å². The Hall–Kier alpha value is -1.64. The van der Waals surface area contributed by atoms with Crippen molar-refractivity contribution in [2.45, 2.75) is 26.7 Å². The van der Waals surface area contributed by atoms with Crippen LogP contribution in [0.15, 0.2) is 24.3 Å². The molecule has 1 aromatic rings. The summed E-state index contributed by atoms with van der Waals surface area (Å²) in [4.78, 5) is 14.8. The van der Waals surface area contributed by atoms with Crippen molar-refractivity contribution in [3.05, 3.63) is 29.8 Å². The summed E-state index contributed by atoms with van der Waals surface area (Å²) in [7, 11) is 0.925. The van der Waals surface area contributed by atoms with Crippen LogP contribution in [0.5, 0.6) is 0 Å². The third-order valence-corrected chi connectivity index (χ3v) is 7.01. The number of rotatable bonds is 8. The number of likely N-dealkylation sites (tertiary alicyclic amines) is 1. The lowest BCUT2D eigenvalue weighted by Crippen LogP contribution is -2.40. The molecule has 2 rings (SSSR count). The largest absolute Gasteiger partial charge is 0.352 e. The van der Waals surface area contributed by atoms with Crippen LogP contribution in [0.3, 0.4) is 0 Å². The number of nitrogens with one attached hydrogen (secondary N) is 1. The highest BCUT2D eigenvalue weighted by atomic mass is 32.2. The molecule has 1 aromatic carbocycles. The van der Waals surface area contributed by atoms with Gasteiger partial charge < -0.3 is 10.2 Å². The van der Waals surface area contributed by atoms with Crippen LogP contribution in [0.4, 0.5) is 5.69 Å². The molecule has 1 saturated heterocycles. The van der Waals surface area contributed by atoms with Gasteiger partial charge in [0, 0.05) is 46.3 Å². The minimum Gasteiger partial charge on any atom is -0.352 e. The van der Waals surface area contributed by atoms with Crippen molar-refractivity contribution in [2.75, 3.05) is 51.6 Å². The van der Waals surface area contributed by atoms with Crippen molar-refractivity contribution in [3.8, 4) is 0 Å². The summed E-state index contributed by atoms with van der Waals surface area (Å²) in [5.41, 5.74) is 1.04. The van der Waals surface area contributed by atoms with Gasteiger partial charge in [-0.25, -0.2) is 0 Å². The average Bonchev–Trinajstić information content (AvgIpc) is 2.63. The molecule has 0 radical (unpaired) electrons. The van der Waals surface area contributed by atoms with Gasteiger partial charge in [0.15, 0.2) is 0 Å². The van der Waals surface area contributed by atoms with Crippen molar-refractivity contribution in [1.82, 2.24) is 14.5 Å². The van der Waals surface area contributed by atoms with Crippen LogP contribution in [0.2, 0.25) is 0 Å². The Morgan fingerprint density at radius 2 is 1.68 bits per heavy atom. The molecule has 0 saturated carbocycles. The summed E-state index contributed by atoms with van der Waals surface area (Å²) in [5.74, 6) is 1.35. The molecule has 0 aliphatic carbocycles. The zero-order chi connectivity index (χ0) is 20.9. The van der Waals surface area contributed by atoms with E-state index in [-0.39, 0.29) is 5.91 Å². The Balaban J connectivity index is 1.81. The van der Waals surface area contributed by atoms with Gasteiger partial charge >= 0.3 is 10.2 Å². The number of amides is 1. The van der Waals surface area contributed by atoms with Gasteiger partial charge in [-0.05, 0) is 55.5 Å². The molecule has 1 fully saturated rings. The standard InChI is InChI=1S/C20H34N4O3S/c1-16-13-17(2)15-24(14-16)12-6-11-21-20(25)18-7-9-19(10-8-18)23(5)28(26,27)22(3)4/h7-10,16-17H,6,11-15H2,1-5H3,(H,21,25)/t16-,17-/m0/s1. The molecule has 0 spiro atoms. The number of hydrogen-bond donors (Lipinski definition) is 1. The molecule has 0 bridgehead atoms. The number of hydrogen-bond acceptors (Lipinski definition) is 4. The molecule has 1 heterocycles. The zero-order valence-electron chi connectivity index (χ0n) is 17.7. The van der Waals surface area contributed by atoms with Crippen molar-refractivity contribution >= 4 is 21.8 Å². The first-order valence-corrected chi connectivity index (χ1v) is 11.3. The summed E-state index contributed by atoms with van der Waals surface area (Å²) in [5, 5.41) is 2.95. The smallest absolute Gasteiger partial charge is 0.303 e. The van der Waals surface area contributed by atoms with Crippen molar-refractivity contribution < 1.29 is 13.2 Å². The average molecular weight is 411 g/mol. The number of anilines is 1. The van der Waals surface area contributed by atoms with E-state index in [1.165, 1.54) is 31.9 Å². The molecule has 1 aliphatic heterocycles. The van der Waals surface area contributed by atoms with Gasteiger partial charge in [0.1, 0.15) is 0 Å². The lowest BCUT2D eigenvalue weighted by Gasteiger charge is -2.34. The van der Waals surface area contributed by atoms with E-state index < -0.39 is 10.2 Å². The summed E-state index contributed by atoms with van der Waals surface area (Å²) >= 11 is 0. The maximum absolute atomic E-state index is 12.3. The second-order valence-electron chi connectivity index (χ2n) is 8.12. The zero-order valence-corrected chi connectivity index (χ0v) is 18.5. The Morgan fingerprint density at radius 1 is 1.11 bits per heavy atom. The van der Waals surface area contributed by atoms with Gasteiger partial charge in [0.05, 0.1) is 5.69 Å². The minimum absolute atomic E-state index is 0.134. The quantitative estimate of drug-likeness (QED) is 0.666. The molecule has 28 heavy (non-hydrogen) atoms. The van der Waals surface area contributed by atoms with Gasteiger partial charge in [0.25, 0.3) is 5.91 Å². The summed E-state index contributed by atoms with van der Waals surface area (Å²) < 4.78 is 26.7. The van der Waals surface area contributed by atoms with Crippen LogP contribution in [-0.4, -0.2) is 70.9 Å². The molecule has 1 amide bonds. The third-order valence-electron chi connectivity index (χ3n) is 5.18. The summed E-state index contributed by atoms with van der Waals surface area (Å²) in [6.07, 6.45) is 2.22. The van der Waals surface area contributed by atoms with Gasteiger partial charge in [-0.2, -0.15) is 12.7 Å². The van der Waals surface area contributed by atoms with Crippen LogP contribution >= 0.6 is 0 Å². The molecule has 0 unspecified atom stereocenters. The first-order chi connectivity index (χ1) is 13.1. The van der Waals surface area contributed by atoms with Gasteiger partial charge in [0.2, 0.25) is 0 Å². The van der Waals surface area contributed by atoms with Gasteiger partial charge in [-0.15, -0.1) is 0 Å². The van der Waals surface area contributed by atoms with Crippen molar-refractivity contribution in [2.24, 2.45) is 11.8 Å². The molecule has 158 valence electrons. The Kier molecular flexibility index (Phi) is 7.86. The van der Waals surface area contributed by atoms with E-state index in [1.807, 2.05) is 0 Å². The van der Waals surface area contributed by atoms with E-state index in [9.17, 15) is 13.2 Å². The molecule has 0 aromatic heterocycles. The highest BCUT2D eigenvalue weighted by Gasteiger charge is 2.22. The fraction of sp³-hybridized carbons (Fsp3) is 0.650. The van der Waals surface area contributed by atoms with Crippen LogP contribution in [0.25, 0.3) is 0 Å². The predicted octanol–water partition coefficient (Wildman–Crippen LogP) is 2.03. The number of benzene rings is 1. The predicted molar refractivity (Wildman–Crippen MR) is 114 cm³/mol. The highest BCUT2D eigenvalue weighted by molar-refractivity contribution is 7.90. The fourth-order valence-electron chi connectivity index (χ4n) is 3.78. The molecule has 1 aliphatic rings.